The molecule has 0 saturated heterocycles. The van der Waals surface area contributed by atoms with Crippen molar-refractivity contribution < 1.29 is 9.47 Å². The molecule has 0 aromatic heterocycles. The number of hydrogen-bond acceptors (Lipinski definition) is 4. The first-order valence-corrected chi connectivity index (χ1v) is 9.79. The summed E-state index contributed by atoms with van der Waals surface area (Å²) in [6, 6.07) is 11.1. The second-order valence-electron chi connectivity index (χ2n) is 7.63. The van der Waals surface area contributed by atoms with Gasteiger partial charge in [0.1, 0.15) is 0 Å². The minimum Gasteiger partial charge on any atom is -0.493 e. The van der Waals surface area contributed by atoms with E-state index in [0.29, 0.717) is 6.61 Å². The van der Waals surface area contributed by atoms with Crippen LogP contribution in [0.5, 0.6) is 11.5 Å². The van der Waals surface area contributed by atoms with Crippen LogP contribution in [-0.2, 0) is 6.42 Å². The van der Waals surface area contributed by atoms with Crippen molar-refractivity contribution in [3.05, 3.63) is 58.1 Å². The molecule has 2 aromatic carbocycles. The predicted molar refractivity (Wildman–Crippen MR) is 111 cm³/mol. The SMILES string of the molecule is COc1cc2c(cc1OCCCN(C)C)C(c1cccc(C)c1C)NCC2. The Hall–Kier alpha value is -2.04. The molecule has 2 aromatic rings. The highest BCUT2D eigenvalue weighted by atomic mass is 16.5. The Morgan fingerprint density at radius 3 is 2.67 bits per heavy atom. The van der Waals surface area contributed by atoms with Crippen LogP contribution in [0.3, 0.4) is 0 Å². The lowest BCUT2D eigenvalue weighted by molar-refractivity contribution is 0.267. The number of nitrogens with one attached hydrogen (secondary N) is 1. The molecular formula is C23H32N2O2. The van der Waals surface area contributed by atoms with Crippen LogP contribution in [0.1, 0.15) is 40.3 Å². The van der Waals surface area contributed by atoms with Crippen LogP contribution in [0.2, 0.25) is 0 Å². The minimum atomic E-state index is 0.198. The van der Waals surface area contributed by atoms with Crippen LogP contribution in [0.25, 0.3) is 0 Å². The second-order valence-corrected chi connectivity index (χ2v) is 7.63. The van der Waals surface area contributed by atoms with Gasteiger partial charge in [0.2, 0.25) is 0 Å². The van der Waals surface area contributed by atoms with Crippen molar-refractivity contribution in [1.82, 2.24) is 10.2 Å². The molecule has 1 atom stereocenters. The molecule has 1 aliphatic heterocycles. The molecule has 146 valence electrons. The monoisotopic (exact) mass is 368 g/mol. The highest BCUT2D eigenvalue weighted by molar-refractivity contribution is 5.53. The molecule has 0 spiro atoms. The third-order valence-corrected chi connectivity index (χ3v) is 5.44. The van der Waals surface area contributed by atoms with Crippen LogP contribution >= 0.6 is 0 Å². The number of aryl methyl sites for hydroxylation is 1. The van der Waals surface area contributed by atoms with Gasteiger partial charge in [0.25, 0.3) is 0 Å². The molecule has 0 saturated carbocycles. The number of rotatable bonds is 7. The summed E-state index contributed by atoms with van der Waals surface area (Å²) in [7, 11) is 5.89. The Morgan fingerprint density at radius 2 is 1.93 bits per heavy atom. The van der Waals surface area contributed by atoms with Gasteiger partial charge in [-0.2, -0.15) is 0 Å². The van der Waals surface area contributed by atoms with E-state index in [1.54, 1.807) is 7.11 Å². The lowest BCUT2D eigenvalue weighted by atomic mass is 9.86. The zero-order chi connectivity index (χ0) is 19.4. The molecule has 1 heterocycles. The van der Waals surface area contributed by atoms with E-state index in [1.165, 1.54) is 27.8 Å². The third-order valence-electron chi connectivity index (χ3n) is 5.44. The zero-order valence-electron chi connectivity index (χ0n) is 17.3. The van der Waals surface area contributed by atoms with Crippen molar-refractivity contribution in [2.24, 2.45) is 0 Å². The lowest BCUT2D eigenvalue weighted by Crippen LogP contribution is -2.31. The Morgan fingerprint density at radius 1 is 1.11 bits per heavy atom. The largest absolute Gasteiger partial charge is 0.493 e. The summed E-state index contributed by atoms with van der Waals surface area (Å²) >= 11 is 0. The maximum absolute atomic E-state index is 6.10. The fourth-order valence-corrected chi connectivity index (χ4v) is 3.76. The zero-order valence-corrected chi connectivity index (χ0v) is 17.3. The fraction of sp³-hybridized carbons (Fsp3) is 0.478. The molecule has 0 fully saturated rings. The molecule has 1 aliphatic rings. The minimum absolute atomic E-state index is 0.198. The maximum Gasteiger partial charge on any atom is 0.161 e. The molecular weight excluding hydrogens is 336 g/mol. The fourth-order valence-electron chi connectivity index (χ4n) is 3.76. The van der Waals surface area contributed by atoms with Crippen molar-refractivity contribution in [3.8, 4) is 11.5 Å². The van der Waals surface area contributed by atoms with Crippen molar-refractivity contribution in [2.75, 3.05) is 40.9 Å². The van der Waals surface area contributed by atoms with E-state index in [2.05, 4.69) is 68.5 Å². The number of nitrogens with zero attached hydrogens (tertiary/aromatic N) is 1. The number of fused-ring (bicyclic) bond motifs is 1. The standard InChI is InChI=1S/C23H32N2O2/c1-16-8-6-9-19(17(16)2)23-20-15-22(27-13-7-12-25(3)4)21(26-5)14-18(20)10-11-24-23/h6,8-9,14-15,23-24H,7,10-13H2,1-5H3. The first-order chi connectivity index (χ1) is 13.0. The van der Waals surface area contributed by atoms with Gasteiger partial charge in [0.15, 0.2) is 11.5 Å². The Kier molecular flexibility index (Phi) is 6.40. The topological polar surface area (TPSA) is 33.7 Å². The van der Waals surface area contributed by atoms with Gasteiger partial charge < -0.3 is 19.7 Å². The lowest BCUT2D eigenvalue weighted by Gasteiger charge is -2.30. The quantitative estimate of drug-likeness (QED) is 0.752. The van der Waals surface area contributed by atoms with Crippen molar-refractivity contribution in [3.63, 3.8) is 0 Å². The van der Waals surface area contributed by atoms with E-state index in [-0.39, 0.29) is 6.04 Å². The van der Waals surface area contributed by atoms with Crippen molar-refractivity contribution in [2.45, 2.75) is 32.7 Å². The summed E-state index contributed by atoms with van der Waals surface area (Å²) < 4.78 is 11.7. The molecule has 3 rings (SSSR count). The summed E-state index contributed by atoms with van der Waals surface area (Å²) in [5.74, 6) is 1.68. The maximum atomic E-state index is 6.10. The van der Waals surface area contributed by atoms with Gasteiger partial charge in [-0.1, -0.05) is 18.2 Å². The van der Waals surface area contributed by atoms with Gasteiger partial charge in [-0.25, -0.2) is 0 Å². The normalized spacial score (nSPS) is 16.3. The second kappa shape index (κ2) is 8.77. The summed E-state index contributed by atoms with van der Waals surface area (Å²) in [6.45, 7) is 7.06. The average molecular weight is 369 g/mol. The molecule has 0 radical (unpaired) electrons. The summed E-state index contributed by atoms with van der Waals surface area (Å²) in [6.07, 6.45) is 2.00. The molecule has 1 N–H and O–H groups in total. The molecule has 1 unspecified atom stereocenters. The van der Waals surface area contributed by atoms with Gasteiger partial charge in [-0.3, -0.25) is 0 Å². The smallest absolute Gasteiger partial charge is 0.161 e. The summed E-state index contributed by atoms with van der Waals surface area (Å²) in [5, 5.41) is 3.70. The van der Waals surface area contributed by atoms with Gasteiger partial charge >= 0.3 is 0 Å². The van der Waals surface area contributed by atoms with Gasteiger partial charge in [0, 0.05) is 13.1 Å². The van der Waals surface area contributed by atoms with E-state index in [4.69, 9.17) is 9.47 Å². The van der Waals surface area contributed by atoms with Crippen LogP contribution in [-0.4, -0.2) is 45.8 Å². The number of hydrogen-bond donors (Lipinski definition) is 1. The molecule has 0 bridgehead atoms. The van der Waals surface area contributed by atoms with E-state index in [1.807, 2.05) is 0 Å². The van der Waals surface area contributed by atoms with E-state index < -0.39 is 0 Å². The van der Waals surface area contributed by atoms with E-state index in [0.717, 1.165) is 37.4 Å². The number of benzene rings is 2. The van der Waals surface area contributed by atoms with Gasteiger partial charge in [-0.15, -0.1) is 0 Å². The van der Waals surface area contributed by atoms with Crippen LogP contribution in [0, 0.1) is 13.8 Å². The molecule has 4 nitrogen and oxygen atoms in total. The third kappa shape index (κ3) is 4.45. The van der Waals surface area contributed by atoms with Crippen LogP contribution in [0.15, 0.2) is 30.3 Å². The predicted octanol–water partition coefficient (Wildman–Crippen LogP) is 3.88. The number of methoxy groups -OCH3 is 1. The van der Waals surface area contributed by atoms with Gasteiger partial charge in [0.05, 0.1) is 19.8 Å². The van der Waals surface area contributed by atoms with E-state index >= 15 is 0 Å². The summed E-state index contributed by atoms with van der Waals surface area (Å²) in [5.41, 5.74) is 6.68. The Labute approximate surface area is 163 Å². The number of ether oxygens (including phenoxy) is 2. The molecule has 0 amide bonds. The van der Waals surface area contributed by atoms with Crippen LogP contribution < -0.4 is 14.8 Å². The molecule has 27 heavy (non-hydrogen) atoms. The first-order valence-electron chi connectivity index (χ1n) is 9.79. The highest BCUT2D eigenvalue weighted by Gasteiger charge is 2.25. The average Bonchev–Trinajstić information content (AvgIpc) is 2.66. The molecule has 0 aliphatic carbocycles. The van der Waals surface area contributed by atoms with E-state index in [9.17, 15) is 0 Å². The van der Waals surface area contributed by atoms with Gasteiger partial charge in [-0.05, 0) is 80.7 Å². The Bertz CT molecular complexity index is 786. The highest BCUT2D eigenvalue weighted by Crippen LogP contribution is 2.38. The Balaban J connectivity index is 1.91. The molecule has 4 heteroatoms. The van der Waals surface area contributed by atoms with Crippen LogP contribution in [0.4, 0.5) is 0 Å². The first kappa shape index (κ1) is 19.7. The summed E-state index contributed by atoms with van der Waals surface area (Å²) in [4.78, 5) is 2.17. The van der Waals surface area contributed by atoms with Crippen molar-refractivity contribution >= 4 is 0 Å². The van der Waals surface area contributed by atoms with Crippen molar-refractivity contribution in [1.29, 1.82) is 0 Å².